The Morgan fingerprint density at radius 3 is 1.15 bits per heavy atom. The van der Waals surface area contributed by atoms with Crippen LogP contribution in [-0.4, -0.2) is 66.6 Å². The Kier molecular flexibility index (Phi) is 10.6. The standard InChI is InChI=1S/2C14H18N2O4S.2C2H6/c2*1-12(2,3)20-11(19)16-14-5-13(6-14,7-14)10-15-8(4-21-10)9(17)18;2*1-2/h2*4H,5-7H2,1-3H3,(H,16,19)(H,17,18);2*1-2H3. The summed E-state index contributed by atoms with van der Waals surface area (Å²) in [7, 11) is 0. The van der Waals surface area contributed by atoms with Crippen LogP contribution in [0.2, 0.25) is 0 Å². The molecule has 2 amide bonds. The lowest BCUT2D eigenvalue weighted by Gasteiger charge is -2.69. The minimum atomic E-state index is -0.995. The maximum Gasteiger partial charge on any atom is 0.408 e. The Bertz CT molecular complexity index is 1300. The summed E-state index contributed by atoms with van der Waals surface area (Å²) in [6.45, 7) is 19.0. The summed E-state index contributed by atoms with van der Waals surface area (Å²) in [5.74, 6) is -1.99. The fraction of sp³-hybridized carbons (Fsp3) is 0.688. The van der Waals surface area contributed by atoms with Gasteiger partial charge in [-0.2, -0.15) is 0 Å². The molecule has 6 saturated carbocycles. The molecule has 4 bridgehead atoms. The van der Waals surface area contributed by atoms with Crippen molar-refractivity contribution in [1.29, 1.82) is 0 Å². The third kappa shape index (κ3) is 7.81. The maximum absolute atomic E-state index is 11.8. The van der Waals surface area contributed by atoms with Gasteiger partial charge in [0.25, 0.3) is 0 Å². The van der Waals surface area contributed by atoms with Gasteiger partial charge in [-0.1, -0.05) is 27.7 Å². The highest BCUT2D eigenvalue weighted by molar-refractivity contribution is 7.10. The van der Waals surface area contributed by atoms with Gasteiger partial charge in [0.1, 0.15) is 11.2 Å². The van der Waals surface area contributed by atoms with Gasteiger partial charge in [-0.15, -0.1) is 22.7 Å². The Hall–Kier alpha value is -3.26. The van der Waals surface area contributed by atoms with Crippen molar-refractivity contribution in [2.75, 3.05) is 0 Å². The largest absolute Gasteiger partial charge is 0.476 e. The molecule has 2 heterocycles. The molecule has 4 N–H and O–H groups in total. The van der Waals surface area contributed by atoms with Crippen LogP contribution >= 0.6 is 22.7 Å². The van der Waals surface area contributed by atoms with E-state index in [-0.39, 0.29) is 45.5 Å². The summed E-state index contributed by atoms with van der Waals surface area (Å²) >= 11 is 2.78. The van der Waals surface area contributed by atoms with Crippen LogP contribution in [0.5, 0.6) is 0 Å². The lowest BCUT2D eigenvalue weighted by Crippen LogP contribution is -2.76. The van der Waals surface area contributed by atoms with E-state index >= 15 is 0 Å². The lowest BCUT2D eigenvalue weighted by molar-refractivity contribution is -0.0890. The molecule has 0 saturated heterocycles. The van der Waals surface area contributed by atoms with Crippen LogP contribution in [0, 0.1) is 0 Å². The number of carboxylic acid groups (broad SMARTS) is 2. The van der Waals surface area contributed by atoms with E-state index in [0.717, 1.165) is 48.5 Å². The van der Waals surface area contributed by atoms with Crippen molar-refractivity contribution in [3.8, 4) is 0 Å². The predicted molar refractivity (Wildman–Crippen MR) is 176 cm³/mol. The average Bonchev–Trinajstić information content (AvgIpc) is 3.53. The van der Waals surface area contributed by atoms with E-state index in [1.165, 1.54) is 22.7 Å². The van der Waals surface area contributed by atoms with Crippen LogP contribution in [0.3, 0.4) is 0 Å². The van der Waals surface area contributed by atoms with E-state index in [1.807, 2.05) is 69.2 Å². The van der Waals surface area contributed by atoms with Gasteiger partial charge in [0, 0.05) is 32.7 Å². The van der Waals surface area contributed by atoms with Crippen LogP contribution in [-0.2, 0) is 20.3 Å². The number of alkyl carbamates (subject to hydrolysis) is 2. The molecule has 256 valence electrons. The van der Waals surface area contributed by atoms with Gasteiger partial charge in [-0.3, -0.25) is 0 Å². The monoisotopic (exact) mass is 680 g/mol. The number of carboxylic acids is 2. The van der Waals surface area contributed by atoms with E-state index in [0.29, 0.717) is 0 Å². The predicted octanol–water partition coefficient (Wildman–Crippen LogP) is 7.13. The second kappa shape index (κ2) is 13.1. The van der Waals surface area contributed by atoms with Crippen molar-refractivity contribution in [3.05, 3.63) is 32.2 Å². The highest BCUT2D eigenvalue weighted by atomic mass is 32.1. The molecule has 6 aliphatic carbocycles. The fourth-order valence-electron chi connectivity index (χ4n) is 6.57. The normalized spacial score (nSPS) is 27.7. The van der Waals surface area contributed by atoms with E-state index < -0.39 is 23.1 Å². The van der Waals surface area contributed by atoms with Crippen molar-refractivity contribution in [3.63, 3.8) is 0 Å². The van der Waals surface area contributed by atoms with Gasteiger partial charge in [-0.25, -0.2) is 29.1 Å². The Morgan fingerprint density at radius 1 is 0.652 bits per heavy atom. The molecule has 6 fully saturated rings. The SMILES string of the molecule is CC.CC.CC(C)(C)OC(=O)NC12CC(c3nc(C(=O)O)cs3)(C1)C2.CC(C)(C)OC(=O)NC12CC(c3nc(C(=O)O)cs3)(C1)C2. The first-order valence-electron chi connectivity index (χ1n) is 15.7. The lowest BCUT2D eigenvalue weighted by atomic mass is 9.39. The summed E-state index contributed by atoms with van der Waals surface area (Å²) in [4.78, 5) is 53.7. The van der Waals surface area contributed by atoms with Gasteiger partial charge in [0.15, 0.2) is 11.4 Å². The maximum atomic E-state index is 11.8. The van der Waals surface area contributed by atoms with E-state index in [9.17, 15) is 19.2 Å². The summed E-state index contributed by atoms with van der Waals surface area (Å²) in [5, 5.41) is 28.6. The van der Waals surface area contributed by atoms with Crippen LogP contribution in [0.1, 0.15) is 139 Å². The smallest absolute Gasteiger partial charge is 0.408 e. The minimum absolute atomic E-state index is 0.0343. The highest BCUT2D eigenvalue weighted by Crippen LogP contribution is 2.69. The average molecular weight is 681 g/mol. The Morgan fingerprint density at radius 2 is 0.935 bits per heavy atom. The molecular weight excluding hydrogens is 633 g/mol. The molecule has 0 aromatic carbocycles. The number of ether oxygens (including phenoxy) is 2. The third-order valence-electron chi connectivity index (χ3n) is 7.95. The van der Waals surface area contributed by atoms with Crippen molar-refractivity contribution in [2.45, 2.75) is 141 Å². The zero-order valence-corrected chi connectivity index (χ0v) is 30.1. The van der Waals surface area contributed by atoms with Gasteiger partial charge < -0.3 is 30.3 Å². The molecule has 0 unspecified atom stereocenters. The van der Waals surface area contributed by atoms with E-state index in [1.54, 1.807) is 10.8 Å². The number of carbonyl (C=O) groups excluding carboxylic acids is 2. The van der Waals surface area contributed by atoms with Crippen molar-refractivity contribution in [1.82, 2.24) is 20.6 Å². The van der Waals surface area contributed by atoms with E-state index in [4.69, 9.17) is 19.7 Å². The molecule has 46 heavy (non-hydrogen) atoms. The molecular formula is C32H48N4O8S2. The van der Waals surface area contributed by atoms with Crippen molar-refractivity contribution in [2.24, 2.45) is 0 Å². The first kappa shape index (κ1) is 37.2. The minimum Gasteiger partial charge on any atom is -0.476 e. The fourth-order valence-corrected chi connectivity index (χ4v) is 8.55. The second-order valence-electron chi connectivity index (χ2n) is 14.1. The number of amides is 2. The second-order valence-corrected chi connectivity index (χ2v) is 15.8. The summed E-state index contributed by atoms with van der Waals surface area (Å²) in [5.41, 5.74) is -1.23. The third-order valence-corrected chi connectivity index (χ3v) is 10.1. The molecule has 2 aromatic rings. The Labute approximate surface area is 278 Å². The topological polar surface area (TPSA) is 177 Å². The summed E-state index contributed by atoms with van der Waals surface area (Å²) in [6, 6.07) is 0. The number of nitrogens with zero attached hydrogens (tertiary/aromatic N) is 2. The number of carbonyl (C=O) groups is 4. The summed E-state index contributed by atoms with van der Waals surface area (Å²) < 4.78 is 10.5. The van der Waals surface area contributed by atoms with E-state index in [2.05, 4.69) is 20.6 Å². The van der Waals surface area contributed by atoms with Crippen LogP contribution in [0.4, 0.5) is 9.59 Å². The van der Waals surface area contributed by atoms with Gasteiger partial charge in [0.05, 0.1) is 10.0 Å². The number of thiazole rings is 2. The molecule has 0 atom stereocenters. The molecule has 2 aromatic heterocycles. The molecule has 14 heteroatoms. The van der Waals surface area contributed by atoms with Crippen molar-refractivity contribution < 1.29 is 38.9 Å². The summed E-state index contributed by atoms with van der Waals surface area (Å²) in [6.07, 6.45) is 4.09. The van der Waals surface area contributed by atoms with Gasteiger partial charge in [0.2, 0.25) is 0 Å². The number of hydrogen-bond donors (Lipinski definition) is 4. The zero-order valence-electron chi connectivity index (χ0n) is 28.5. The molecule has 0 aliphatic heterocycles. The number of aromatic carboxylic acids is 2. The van der Waals surface area contributed by atoms with Crippen molar-refractivity contribution >= 4 is 46.8 Å². The quantitative estimate of drug-likeness (QED) is 0.245. The number of nitrogens with one attached hydrogen (secondary N) is 2. The number of aromatic nitrogens is 2. The molecule has 6 aliphatic rings. The highest BCUT2D eigenvalue weighted by Gasteiger charge is 2.71. The first-order valence-corrected chi connectivity index (χ1v) is 17.4. The Balaban J connectivity index is 0.000000226. The molecule has 0 radical (unpaired) electrons. The number of hydrogen-bond acceptors (Lipinski definition) is 10. The first-order chi connectivity index (χ1) is 21.3. The van der Waals surface area contributed by atoms with Crippen LogP contribution < -0.4 is 10.6 Å². The van der Waals surface area contributed by atoms with Crippen LogP contribution in [0.25, 0.3) is 0 Å². The van der Waals surface area contributed by atoms with Gasteiger partial charge in [-0.05, 0) is 80.1 Å². The molecule has 0 spiro atoms. The zero-order chi connectivity index (χ0) is 34.9. The van der Waals surface area contributed by atoms with Gasteiger partial charge >= 0.3 is 24.1 Å². The molecule has 12 nitrogen and oxygen atoms in total. The van der Waals surface area contributed by atoms with Crippen LogP contribution in [0.15, 0.2) is 10.8 Å². The molecule has 8 rings (SSSR count). The number of rotatable bonds is 6.